The Morgan fingerprint density at radius 2 is 1.92 bits per heavy atom. The van der Waals surface area contributed by atoms with Crippen molar-refractivity contribution in [1.29, 1.82) is 0 Å². The van der Waals surface area contributed by atoms with E-state index < -0.39 is 11.9 Å². The van der Waals surface area contributed by atoms with Gasteiger partial charge >= 0.3 is 5.97 Å². The van der Waals surface area contributed by atoms with Crippen LogP contribution in [-0.4, -0.2) is 47.4 Å². The zero-order chi connectivity index (χ0) is 18.0. The van der Waals surface area contributed by atoms with Crippen molar-refractivity contribution in [3.63, 3.8) is 0 Å². The van der Waals surface area contributed by atoms with Gasteiger partial charge in [-0.05, 0) is 31.0 Å². The highest BCUT2D eigenvalue weighted by atomic mass is 16.4. The molecule has 2 amide bonds. The molecule has 1 unspecified atom stereocenters. The Balaban J connectivity index is 1.76. The van der Waals surface area contributed by atoms with Crippen LogP contribution in [0.1, 0.15) is 48.9 Å². The number of anilines is 1. The molecule has 1 saturated carbocycles. The predicted octanol–water partition coefficient (Wildman–Crippen LogP) is 2.53. The van der Waals surface area contributed by atoms with Crippen LogP contribution in [0, 0.1) is 5.92 Å². The van der Waals surface area contributed by atoms with Crippen LogP contribution in [0.15, 0.2) is 24.3 Å². The monoisotopic (exact) mass is 344 g/mol. The van der Waals surface area contributed by atoms with Gasteiger partial charge in [0.2, 0.25) is 5.91 Å². The van der Waals surface area contributed by atoms with E-state index in [4.69, 9.17) is 5.11 Å². The molecule has 0 bridgehead atoms. The third-order valence-corrected chi connectivity index (χ3v) is 5.32. The summed E-state index contributed by atoms with van der Waals surface area (Å²) in [4.78, 5) is 39.3. The van der Waals surface area contributed by atoms with E-state index in [1.54, 1.807) is 24.3 Å². The molecule has 2 aliphatic rings. The van der Waals surface area contributed by atoms with Gasteiger partial charge in [0.1, 0.15) is 0 Å². The van der Waals surface area contributed by atoms with Crippen LogP contribution in [0.5, 0.6) is 0 Å². The van der Waals surface area contributed by atoms with Crippen molar-refractivity contribution in [3.8, 4) is 0 Å². The molecule has 0 radical (unpaired) electrons. The van der Waals surface area contributed by atoms with Crippen LogP contribution in [-0.2, 0) is 9.59 Å². The highest BCUT2D eigenvalue weighted by Gasteiger charge is 2.35. The molecule has 1 heterocycles. The molecular weight excluding hydrogens is 320 g/mol. The predicted molar refractivity (Wildman–Crippen MR) is 93.5 cm³/mol. The number of hydrogen-bond acceptors (Lipinski definition) is 3. The van der Waals surface area contributed by atoms with Gasteiger partial charge in [-0.25, -0.2) is 0 Å². The number of hydrogen-bond donors (Lipinski definition) is 1. The van der Waals surface area contributed by atoms with E-state index in [1.807, 2.05) is 11.9 Å². The first-order chi connectivity index (χ1) is 12.0. The molecule has 6 heteroatoms. The molecule has 1 aliphatic heterocycles. The highest BCUT2D eigenvalue weighted by Crippen LogP contribution is 2.27. The summed E-state index contributed by atoms with van der Waals surface area (Å²) in [6.07, 6.45) is 5.62. The lowest BCUT2D eigenvalue weighted by molar-refractivity contribution is -0.141. The van der Waals surface area contributed by atoms with Crippen LogP contribution in [0.2, 0.25) is 0 Å². The van der Waals surface area contributed by atoms with Crippen LogP contribution in [0.3, 0.4) is 0 Å². The summed E-state index contributed by atoms with van der Waals surface area (Å²) in [6, 6.07) is 7.22. The fourth-order valence-electron chi connectivity index (χ4n) is 3.77. The zero-order valence-corrected chi connectivity index (χ0v) is 14.5. The largest absolute Gasteiger partial charge is 0.481 e. The van der Waals surface area contributed by atoms with Crippen molar-refractivity contribution < 1.29 is 19.5 Å². The van der Waals surface area contributed by atoms with Crippen LogP contribution in [0.4, 0.5) is 5.69 Å². The number of aliphatic carboxylic acids is 1. The lowest BCUT2D eigenvalue weighted by Crippen LogP contribution is -2.38. The first kappa shape index (κ1) is 17.5. The van der Waals surface area contributed by atoms with Gasteiger partial charge < -0.3 is 14.9 Å². The minimum Gasteiger partial charge on any atom is -0.481 e. The molecule has 3 rings (SSSR count). The minimum absolute atomic E-state index is 0.00941. The SMILES string of the molecule is CN(C(=O)c1cccc(N2CC(C(=O)O)CC2=O)c1)C1CCCCC1. The molecule has 1 N–H and O–H groups in total. The summed E-state index contributed by atoms with van der Waals surface area (Å²) in [5.74, 6) is -1.90. The van der Waals surface area contributed by atoms with E-state index >= 15 is 0 Å². The molecule has 1 saturated heterocycles. The zero-order valence-electron chi connectivity index (χ0n) is 14.5. The van der Waals surface area contributed by atoms with Crippen LogP contribution in [0.25, 0.3) is 0 Å². The van der Waals surface area contributed by atoms with Crippen molar-refractivity contribution in [2.45, 2.75) is 44.6 Å². The maximum Gasteiger partial charge on any atom is 0.308 e. The van der Waals surface area contributed by atoms with E-state index in [-0.39, 0.29) is 30.8 Å². The lowest BCUT2D eigenvalue weighted by Gasteiger charge is -2.31. The quantitative estimate of drug-likeness (QED) is 0.910. The summed E-state index contributed by atoms with van der Waals surface area (Å²) < 4.78 is 0. The summed E-state index contributed by atoms with van der Waals surface area (Å²) >= 11 is 0. The average Bonchev–Trinajstić information content (AvgIpc) is 3.03. The number of carboxylic acids is 1. The second-order valence-corrected chi connectivity index (χ2v) is 7.00. The number of benzene rings is 1. The molecule has 1 aliphatic carbocycles. The maximum absolute atomic E-state index is 12.8. The van der Waals surface area contributed by atoms with E-state index in [0.29, 0.717) is 11.3 Å². The van der Waals surface area contributed by atoms with Crippen molar-refractivity contribution in [3.05, 3.63) is 29.8 Å². The maximum atomic E-state index is 12.8. The Morgan fingerprint density at radius 3 is 2.56 bits per heavy atom. The molecular formula is C19H24N2O4. The van der Waals surface area contributed by atoms with Crippen LogP contribution >= 0.6 is 0 Å². The van der Waals surface area contributed by atoms with Gasteiger partial charge in [-0.2, -0.15) is 0 Å². The lowest BCUT2D eigenvalue weighted by atomic mass is 9.94. The molecule has 25 heavy (non-hydrogen) atoms. The van der Waals surface area contributed by atoms with Gasteiger partial charge in [0.25, 0.3) is 5.91 Å². The Bertz CT molecular complexity index is 682. The second kappa shape index (κ2) is 7.25. The number of amides is 2. The molecule has 0 spiro atoms. The summed E-state index contributed by atoms with van der Waals surface area (Å²) in [6.45, 7) is 0.157. The summed E-state index contributed by atoms with van der Waals surface area (Å²) in [7, 11) is 1.84. The fraction of sp³-hybridized carbons (Fsp3) is 0.526. The van der Waals surface area contributed by atoms with Crippen molar-refractivity contribution in [2.24, 2.45) is 5.92 Å². The van der Waals surface area contributed by atoms with Crippen molar-refractivity contribution in [1.82, 2.24) is 4.90 Å². The van der Waals surface area contributed by atoms with Crippen LogP contribution < -0.4 is 4.90 Å². The minimum atomic E-state index is -0.958. The van der Waals surface area contributed by atoms with E-state index in [1.165, 1.54) is 11.3 Å². The Labute approximate surface area is 147 Å². The topological polar surface area (TPSA) is 77.9 Å². The summed E-state index contributed by atoms with van der Waals surface area (Å²) in [5.41, 5.74) is 1.13. The molecule has 0 aromatic heterocycles. The molecule has 1 atom stereocenters. The van der Waals surface area contributed by atoms with Gasteiger partial charge in [-0.15, -0.1) is 0 Å². The second-order valence-electron chi connectivity index (χ2n) is 7.00. The number of carbonyl (C=O) groups is 3. The number of carboxylic acid groups (broad SMARTS) is 1. The molecule has 2 fully saturated rings. The third kappa shape index (κ3) is 3.67. The molecule has 1 aromatic rings. The fourth-order valence-corrected chi connectivity index (χ4v) is 3.77. The number of nitrogens with zero attached hydrogens (tertiary/aromatic N) is 2. The van der Waals surface area contributed by atoms with Gasteiger partial charge in [0, 0.05) is 37.3 Å². The summed E-state index contributed by atoms with van der Waals surface area (Å²) in [5, 5.41) is 9.12. The third-order valence-electron chi connectivity index (χ3n) is 5.32. The normalized spacial score (nSPS) is 21.4. The first-order valence-electron chi connectivity index (χ1n) is 8.88. The smallest absolute Gasteiger partial charge is 0.308 e. The molecule has 134 valence electrons. The van der Waals surface area contributed by atoms with Gasteiger partial charge in [0.05, 0.1) is 5.92 Å². The van der Waals surface area contributed by atoms with Crippen molar-refractivity contribution >= 4 is 23.5 Å². The first-order valence-corrected chi connectivity index (χ1v) is 8.88. The number of rotatable bonds is 4. The Kier molecular flexibility index (Phi) is 5.06. The standard InChI is InChI=1S/C19H24N2O4/c1-20(15-7-3-2-4-8-15)18(23)13-6-5-9-16(10-13)21-12-14(19(24)25)11-17(21)22/h5-6,9-10,14-15H,2-4,7-8,11-12H2,1H3,(H,24,25). The van der Waals surface area contributed by atoms with Gasteiger partial charge in [-0.3, -0.25) is 14.4 Å². The van der Waals surface area contributed by atoms with Crippen molar-refractivity contribution in [2.75, 3.05) is 18.5 Å². The van der Waals surface area contributed by atoms with Gasteiger partial charge in [-0.1, -0.05) is 25.3 Å². The van der Waals surface area contributed by atoms with E-state index in [2.05, 4.69) is 0 Å². The number of carbonyl (C=O) groups excluding carboxylic acids is 2. The van der Waals surface area contributed by atoms with E-state index in [9.17, 15) is 14.4 Å². The average molecular weight is 344 g/mol. The Hall–Kier alpha value is -2.37. The van der Waals surface area contributed by atoms with E-state index in [0.717, 1.165) is 25.7 Å². The molecule has 1 aromatic carbocycles. The highest BCUT2D eigenvalue weighted by molar-refractivity contribution is 6.01. The Morgan fingerprint density at radius 1 is 1.20 bits per heavy atom. The molecule has 6 nitrogen and oxygen atoms in total. The van der Waals surface area contributed by atoms with Gasteiger partial charge in [0.15, 0.2) is 0 Å².